The fraction of sp³-hybridized carbons (Fsp3) is 0.286. The largest absolute Gasteiger partial charge is 0.329 e. The van der Waals surface area contributed by atoms with Gasteiger partial charge in [0.05, 0.1) is 21.9 Å². The first-order valence-electron chi connectivity index (χ1n) is 9.56. The monoisotopic (exact) mass is 462 g/mol. The molecule has 1 amide bonds. The maximum Gasteiger partial charge on any atom is 0.288 e. The summed E-state index contributed by atoms with van der Waals surface area (Å²) >= 11 is 11.9. The molecule has 1 aromatic heterocycles. The van der Waals surface area contributed by atoms with E-state index >= 15 is 0 Å². The molecular weight excluding hydrogens is 443 g/mol. The number of halogens is 2. The van der Waals surface area contributed by atoms with Crippen molar-refractivity contribution in [3.8, 4) is 0 Å². The van der Waals surface area contributed by atoms with E-state index in [1.807, 2.05) is 6.92 Å². The van der Waals surface area contributed by atoms with E-state index in [0.717, 1.165) is 6.07 Å². The zero-order chi connectivity index (χ0) is 22.9. The number of hydrogen-bond donors (Lipinski definition) is 0. The van der Waals surface area contributed by atoms with Crippen molar-refractivity contribution in [3.05, 3.63) is 78.3 Å². The highest BCUT2D eigenvalue weighted by molar-refractivity contribution is 6.32. The molecule has 0 radical (unpaired) electrons. The van der Waals surface area contributed by atoms with E-state index < -0.39 is 16.9 Å². The van der Waals surface area contributed by atoms with E-state index in [2.05, 4.69) is 4.98 Å². The first-order valence-corrected chi connectivity index (χ1v) is 10.3. The molecule has 0 bridgehead atoms. The summed E-state index contributed by atoms with van der Waals surface area (Å²) in [6, 6.07) is 8.19. The topological polar surface area (TPSA) is 98.3 Å². The van der Waals surface area contributed by atoms with Crippen LogP contribution in [0.25, 0.3) is 10.9 Å². The molecule has 1 unspecified atom stereocenters. The van der Waals surface area contributed by atoms with Crippen molar-refractivity contribution in [3.63, 3.8) is 0 Å². The molecule has 31 heavy (non-hydrogen) atoms. The minimum absolute atomic E-state index is 0.0490. The van der Waals surface area contributed by atoms with Crippen molar-refractivity contribution in [2.75, 3.05) is 6.54 Å². The van der Waals surface area contributed by atoms with Gasteiger partial charge in [0.1, 0.15) is 10.8 Å². The van der Waals surface area contributed by atoms with Crippen LogP contribution in [0.1, 0.15) is 42.5 Å². The van der Waals surface area contributed by atoms with Gasteiger partial charge in [0.15, 0.2) is 0 Å². The number of hydrogen-bond acceptors (Lipinski definition) is 5. The molecule has 0 fully saturated rings. The number of nitrogens with zero attached hydrogens (tertiary/aromatic N) is 4. The van der Waals surface area contributed by atoms with Gasteiger partial charge in [-0.15, -0.1) is 0 Å². The molecule has 10 heteroatoms. The zero-order valence-corrected chi connectivity index (χ0v) is 18.6. The Morgan fingerprint density at radius 1 is 1.26 bits per heavy atom. The van der Waals surface area contributed by atoms with Gasteiger partial charge in [-0.2, -0.15) is 0 Å². The minimum Gasteiger partial charge on any atom is -0.329 e. The van der Waals surface area contributed by atoms with E-state index in [1.165, 1.54) is 21.6 Å². The molecule has 0 aliphatic heterocycles. The van der Waals surface area contributed by atoms with Crippen LogP contribution >= 0.6 is 23.2 Å². The average Bonchev–Trinajstić information content (AvgIpc) is 2.73. The predicted molar refractivity (Wildman–Crippen MR) is 120 cm³/mol. The van der Waals surface area contributed by atoms with Crippen LogP contribution in [0, 0.1) is 10.1 Å². The predicted octanol–water partition coefficient (Wildman–Crippen LogP) is 4.76. The van der Waals surface area contributed by atoms with Crippen LogP contribution in [0.4, 0.5) is 5.69 Å². The van der Waals surface area contributed by atoms with Crippen LogP contribution in [0.3, 0.4) is 0 Å². The Hall–Kier alpha value is -2.97. The second-order valence-electron chi connectivity index (χ2n) is 7.09. The Balaban J connectivity index is 2.09. The van der Waals surface area contributed by atoms with Gasteiger partial charge in [-0.3, -0.25) is 24.3 Å². The Kier molecular flexibility index (Phi) is 6.62. The van der Waals surface area contributed by atoms with Gasteiger partial charge in [-0.1, -0.05) is 30.1 Å². The maximum absolute atomic E-state index is 13.3. The Morgan fingerprint density at radius 3 is 2.61 bits per heavy atom. The molecule has 1 atom stereocenters. The van der Waals surface area contributed by atoms with Gasteiger partial charge in [0, 0.05) is 30.2 Å². The van der Waals surface area contributed by atoms with Crippen molar-refractivity contribution in [2.24, 2.45) is 7.05 Å². The number of rotatable bonds is 6. The average molecular weight is 463 g/mol. The first kappa shape index (κ1) is 22.7. The SMILES string of the molecule is CCCN(C(=O)c1ccc(Cl)c([N+](=O)[O-])c1)C(C)c1nc2cc(Cl)ccc2c(=O)n1C. The summed E-state index contributed by atoms with van der Waals surface area (Å²) in [5.74, 6) is -0.0420. The second-order valence-corrected chi connectivity index (χ2v) is 7.94. The Morgan fingerprint density at radius 2 is 1.97 bits per heavy atom. The van der Waals surface area contributed by atoms with Crippen molar-refractivity contribution in [1.29, 1.82) is 0 Å². The quantitative estimate of drug-likeness (QED) is 0.388. The van der Waals surface area contributed by atoms with Gasteiger partial charge in [0.2, 0.25) is 0 Å². The number of benzene rings is 2. The van der Waals surface area contributed by atoms with Crippen molar-refractivity contribution in [1.82, 2.24) is 14.5 Å². The highest BCUT2D eigenvalue weighted by Crippen LogP contribution is 2.28. The number of carbonyl (C=O) groups excluding carboxylic acids is 1. The molecule has 162 valence electrons. The van der Waals surface area contributed by atoms with Crippen LogP contribution < -0.4 is 5.56 Å². The molecule has 3 rings (SSSR count). The van der Waals surface area contributed by atoms with Crippen molar-refractivity contribution < 1.29 is 9.72 Å². The number of carbonyl (C=O) groups is 1. The minimum atomic E-state index is -0.634. The molecule has 2 aromatic carbocycles. The number of nitro benzene ring substituents is 1. The van der Waals surface area contributed by atoms with E-state index in [-0.39, 0.29) is 21.8 Å². The zero-order valence-electron chi connectivity index (χ0n) is 17.1. The number of nitro groups is 1. The number of aromatic nitrogens is 2. The summed E-state index contributed by atoms with van der Waals surface area (Å²) < 4.78 is 1.40. The number of fused-ring (bicyclic) bond motifs is 1. The third-order valence-corrected chi connectivity index (χ3v) is 5.58. The fourth-order valence-electron chi connectivity index (χ4n) is 3.44. The van der Waals surface area contributed by atoms with E-state index in [1.54, 1.807) is 32.2 Å². The Labute approximate surface area is 188 Å². The van der Waals surface area contributed by atoms with Gasteiger partial charge >= 0.3 is 0 Å². The van der Waals surface area contributed by atoms with Gasteiger partial charge in [0.25, 0.3) is 17.2 Å². The second kappa shape index (κ2) is 9.03. The van der Waals surface area contributed by atoms with Crippen LogP contribution in [0.5, 0.6) is 0 Å². The molecule has 0 spiro atoms. The van der Waals surface area contributed by atoms with Crippen LogP contribution in [0.15, 0.2) is 41.2 Å². The van der Waals surface area contributed by atoms with Crippen LogP contribution in [-0.2, 0) is 7.05 Å². The molecule has 0 aliphatic carbocycles. The summed E-state index contributed by atoms with van der Waals surface area (Å²) in [5.41, 5.74) is -0.0363. The third kappa shape index (κ3) is 4.40. The molecule has 0 aliphatic rings. The lowest BCUT2D eigenvalue weighted by atomic mass is 10.1. The molecule has 0 saturated heterocycles. The molecular formula is C21H20Cl2N4O4. The highest BCUT2D eigenvalue weighted by atomic mass is 35.5. The summed E-state index contributed by atoms with van der Waals surface area (Å²) in [7, 11) is 1.59. The van der Waals surface area contributed by atoms with E-state index in [9.17, 15) is 19.7 Å². The molecule has 0 N–H and O–H groups in total. The fourth-order valence-corrected chi connectivity index (χ4v) is 3.79. The van der Waals surface area contributed by atoms with Gasteiger partial charge in [-0.05, 0) is 43.7 Å². The van der Waals surface area contributed by atoms with Crippen molar-refractivity contribution in [2.45, 2.75) is 26.3 Å². The summed E-state index contributed by atoms with van der Waals surface area (Å²) in [4.78, 5) is 42.8. The molecule has 8 nitrogen and oxygen atoms in total. The van der Waals surface area contributed by atoms with Crippen molar-refractivity contribution >= 4 is 45.7 Å². The lowest BCUT2D eigenvalue weighted by Gasteiger charge is -2.29. The van der Waals surface area contributed by atoms with Gasteiger partial charge < -0.3 is 4.90 Å². The summed E-state index contributed by atoms with van der Waals surface area (Å²) in [6.45, 7) is 4.03. The lowest BCUT2D eigenvalue weighted by Crippen LogP contribution is -2.37. The highest BCUT2D eigenvalue weighted by Gasteiger charge is 2.27. The summed E-state index contributed by atoms with van der Waals surface area (Å²) in [5, 5.41) is 12.0. The normalized spacial score (nSPS) is 12.0. The Bertz CT molecular complexity index is 1240. The lowest BCUT2D eigenvalue weighted by molar-refractivity contribution is -0.384. The molecule has 1 heterocycles. The smallest absolute Gasteiger partial charge is 0.288 e. The van der Waals surface area contributed by atoms with E-state index in [4.69, 9.17) is 23.2 Å². The van der Waals surface area contributed by atoms with Gasteiger partial charge in [-0.25, -0.2) is 4.98 Å². The van der Waals surface area contributed by atoms with Crippen LogP contribution in [0.2, 0.25) is 10.0 Å². The van der Waals surface area contributed by atoms with E-state index in [0.29, 0.717) is 34.7 Å². The number of amides is 1. The standard InChI is InChI=1S/C21H20Cl2N4O4/c1-4-9-26(20(28)13-5-8-16(23)18(10-13)27(30)31)12(2)19-24-17-11-14(22)6-7-15(17)21(29)25(19)3/h5-8,10-12H,4,9H2,1-3H3. The molecule has 0 saturated carbocycles. The first-order chi connectivity index (χ1) is 14.6. The maximum atomic E-state index is 13.3. The van der Waals surface area contributed by atoms with Crippen LogP contribution in [-0.4, -0.2) is 31.8 Å². The third-order valence-electron chi connectivity index (χ3n) is 5.03. The molecule has 3 aromatic rings. The summed E-state index contributed by atoms with van der Waals surface area (Å²) in [6.07, 6.45) is 0.638.